The minimum Gasteiger partial charge on any atom is -0.364 e. The molecular formula is C11H17N5O2S. The molecule has 1 saturated heterocycles. The second kappa shape index (κ2) is 6.58. The number of aromatic nitrogens is 1. The first-order chi connectivity index (χ1) is 9.20. The zero-order chi connectivity index (χ0) is 13.7. The SMILES string of the molecule is NNc1ccc([N+](=O)[O-])c(NCC2CCSCC2)n1. The number of thioether (sulfide) groups is 1. The molecule has 104 valence electrons. The van der Waals surface area contributed by atoms with Crippen molar-refractivity contribution in [2.45, 2.75) is 12.8 Å². The molecule has 0 amide bonds. The molecule has 2 rings (SSSR count). The number of nitrogen functional groups attached to an aromatic ring is 1. The molecule has 7 nitrogen and oxygen atoms in total. The van der Waals surface area contributed by atoms with Gasteiger partial charge in [-0.3, -0.25) is 10.1 Å². The predicted octanol–water partition coefficient (Wildman–Crippen LogP) is 1.83. The smallest absolute Gasteiger partial charge is 0.311 e. The van der Waals surface area contributed by atoms with Crippen molar-refractivity contribution in [3.63, 3.8) is 0 Å². The van der Waals surface area contributed by atoms with Crippen LogP contribution in [0.5, 0.6) is 0 Å². The number of hydrogen-bond donors (Lipinski definition) is 3. The molecular weight excluding hydrogens is 266 g/mol. The summed E-state index contributed by atoms with van der Waals surface area (Å²) in [6, 6.07) is 2.89. The summed E-state index contributed by atoms with van der Waals surface area (Å²) < 4.78 is 0. The summed E-state index contributed by atoms with van der Waals surface area (Å²) >= 11 is 1.96. The van der Waals surface area contributed by atoms with Crippen molar-refractivity contribution in [3.8, 4) is 0 Å². The molecule has 0 bridgehead atoms. The van der Waals surface area contributed by atoms with E-state index in [2.05, 4.69) is 15.7 Å². The van der Waals surface area contributed by atoms with Gasteiger partial charge in [0.25, 0.3) is 0 Å². The van der Waals surface area contributed by atoms with E-state index in [9.17, 15) is 10.1 Å². The van der Waals surface area contributed by atoms with E-state index in [1.165, 1.54) is 12.1 Å². The van der Waals surface area contributed by atoms with Crippen molar-refractivity contribution in [3.05, 3.63) is 22.2 Å². The molecule has 1 aromatic heterocycles. The zero-order valence-corrected chi connectivity index (χ0v) is 11.3. The number of hydrogen-bond acceptors (Lipinski definition) is 7. The van der Waals surface area contributed by atoms with Gasteiger partial charge in [-0.05, 0) is 36.3 Å². The Morgan fingerprint density at radius 2 is 2.21 bits per heavy atom. The molecule has 1 fully saturated rings. The van der Waals surface area contributed by atoms with E-state index < -0.39 is 4.92 Å². The van der Waals surface area contributed by atoms with E-state index in [1.807, 2.05) is 11.8 Å². The van der Waals surface area contributed by atoms with Gasteiger partial charge >= 0.3 is 5.69 Å². The number of nitrogens with zero attached hydrogens (tertiary/aromatic N) is 2. The first-order valence-corrected chi connectivity index (χ1v) is 7.30. The fraction of sp³-hybridized carbons (Fsp3) is 0.545. The molecule has 19 heavy (non-hydrogen) atoms. The van der Waals surface area contributed by atoms with Crippen LogP contribution in [-0.2, 0) is 0 Å². The van der Waals surface area contributed by atoms with Gasteiger partial charge in [-0.15, -0.1) is 0 Å². The second-order valence-corrected chi connectivity index (χ2v) is 5.63. The maximum atomic E-state index is 10.9. The Morgan fingerprint density at radius 1 is 1.47 bits per heavy atom. The van der Waals surface area contributed by atoms with Crippen LogP contribution in [0.15, 0.2) is 12.1 Å². The molecule has 0 spiro atoms. The van der Waals surface area contributed by atoms with E-state index >= 15 is 0 Å². The second-order valence-electron chi connectivity index (χ2n) is 4.40. The highest BCUT2D eigenvalue weighted by molar-refractivity contribution is 7.99. The van der Waals surface area contributed by atoms with Crippen LogP contribution in [0.4, 0.5) is 17.3 Å². The van der Waals surface area contributed by atoms with Gasteiger partial charge in [0.2, 0.25) is 5.82 Å². The normalized spacial score (nSPS) is 16.1. The van der Waals surface area contributed by atoms with Gasteiger partial charge in [0.1, 0.15) is 5.82 Å². The van der Waals surface area contributed by atoms with Gasteiger partial charge in [0.15, 0.2) is 0 Å². The highest BCUT2D eigenvalue weighted by Crippen LogP contribution is 2.26. The van der Waals surface area contributed by atoms with Crippen LogP contribution < -0.4 is 16.6 Å². The summed E-state index contributed by atoms with van der Waals surface area (Å²) in [6.07, 6.45) is 2.28. The van der Waals surface area contributed by atoms with Crippen molar-refractivity contribution in [1.29, 1.82) is 0 Å². The maximum absolute atomic E-state index is 10.9. The Labute approximate surface area is 115 Å². The lowest BCUT2D eigenvalue weighted by Gasteiger charge is -2.21. The Balaban J connectivity index is 2.06. The molecule has 0 aromatic carbocycles. The van der Waals surface area contributed by atoms with E-state index in [-0.39, 0.29) is 11.5 Å². The number of anilines is 2. The lowest BCUT2D eigenvalue weighted by atomic mass is 10.0. The van der Waals surface area contributed by atoms with Crippen molar-refractivity contribution >= 4 is 29.1 Å². The van der Waals surface area contributed by atoms with Crippen molar-refractivity contribution in [2.24, 2.45) is 11.8 Å². The molecule has 0 saturated carbocycles. The predicted molar refractivity (Wildman–Crippen MR) is 77.2 cm³/mol. The van der Waals surface area contributed by atoms with Crippen LogP contribution in [0.3, 0.4) is 0 Å². The molecule has 0 aliphatic carbocycles. The zero-order valence-electron chi connectivity index (χ0n) is 10.5. The Kier molecular flexibility index (Phi) is 4.80. The van der Waals surface area contributed by atoms with Crippen molar-refractivity contribution < 1.29 is 4.92 Å². The third-order valence-corrected chi connectivity index (χ3v) is 4.17. The average Bonchev–Trinajstić information content (AvgIpc) is 2.45. The number of pyridine rings is 1. The number of nitrogens with two attached hydrogens (primary N) is 1. The summed E-state index contributed by atoms with van der Waals surface area (Å²) in [4.78, 5) is 14.6. The Bertz CT molecular complexity index is 451. The quantitative estimate of drug-likeness (QED) is 0.430. The van der Waals surface area contributed by atoms with Gasteiger partial charge < -0.3 is 10.7 Å². The van der Waals surface area contributed by atoms with Crippen LogP contribution in [0.1, 0.15) is 12.8 Å². The van der Waals surface area contributed by atoms with Crippen LogP contribution >= 0.6 is 11.8 Å². The summed E-state index contributed by atoms with van der Waals surface area (Å²) in [6.45, 7) is 0.711. The first-order valence-electron chi connectivity index (χ1n) is 6.14. The van der Waals surface area contributed by atoms with E-state index in [0.29, 0.717) is 18.3 Å². The number of hydrazine groups is 1. The molecule has 1 aliphatic rings. The van der Waals surface area contributed by atoms with Gasteiger partial charge in [0.05, 0.1) is 4.92 Å². The maximum Gasteiger partial charge on any atom is 0.311 e. The van der Waals surface area contributed by atoms with Crippen LogP contribution in [0.2, 0.25) is 0 Å². The fourth-order valence-electron chi connectivity index (χ4n) is 2.00. The minimum atomic E-state index is -0.438. The third-order valence-electron chi connectivity index (χ3n) is 3.12. The standard InChI is InChI=1S/C11H17N5O2S/c12-15-10-2-1-9(16(17)18)11(14-10)13-7-8-3-5-19-6-4-8/h1-2,8H,3-7,12H2,(H2,13,14,15). The molecule has 0 atom stereocenters. The topological polar surface area (TPSA) is 106 Å². The summed E-state index contributed by atoms with van der Waals surface area (Å²) in [5.74, 6) is 8.83. The number of rotatable bonds is 5. The highest BCUT2D eigenvalue weighted by Gasteiger charge is 2.18. The molecule has 1 aliphatic heterocycles. The average molecular weight is 283 g/mol. The van der Waals surface area contributed by atoms with Crippen LogP contribution in [0, 0.1) is 16.0 Å². The third kappa shape index (κ3) is 3.71. The van der Waals surface area contributed by atoms with E-state index in [4.69, 9.17) is 5.84 Å². The van der Waals surface area contributed by atoms with E-state index in [1.54, 1.807) is 0 Å². The van der Waals surface area contributed by atoms with Gasteiger partial charge in [0, 0.05) is 12.6 Å². The largest absolute Gasteiger partial charge is 0.364 e. The highest BCUT2D eigenvalue weighted by atomic mass is 32.2. The minimum absolute atomic E-state index is 0.0239. The molecule has 0 unspecified atom stereocenters. The van der Waals surface area contributed by atoms with Gasteiger partial charge in [-0.25, -0.2) is 10.8 Å². The monoisotopic (exact) mass is 283 g/mol. The molecule has 0 radical (unpaired) electrons. The molecule has 2 heterocycles. The Hall–Kier alpha value is -1.54. The molecule has 8 heteroatoms. The lowest BCUT2D eigenvalue weighted by molar-refractivity contribution is -0.384. The van der Waals surface area contributed by atoms with Gasteiger partial charge in [-0.1, -0.05) is 0 Å². The lowest BCUT2D eigenvalue weighted by Crippen LogP contribution is -2.20. The Morgan fingerprint density at radius 3 is 2.84 bits per heavy atom. The first kappa shape index (κ1) is 13.9. The summed E-state index contributed by atoms with van der Waals surface area (Å²) in [7, 11) is 0. The van der Waals surface area contributed by atoms with Crippen molar-refractivity contribution in [2.75, 3.05) is 28.8 Å². The van der Waals surface area contributed by atoms with Crippen molar-refractivity contribution in [1.82, 2.24) is 4.98 Å². The summed E-state index contributed by atoms with van der Waals surface area (Å²) in [5, 5.41) is 14.0. The molecule has 4 N–H and O–H groups in total. The number of nitrogens with one attached hydrogen (secondary N) is 2. The molecule has 1 aromatic rings. The van der Waals surface area contributed by atoms with E-state index in [0.717, 1.165) is 24.3 Å². The number of nitro groups is 1. The van der Waals surface area contributed by atoms with Crippen LogP contribution in [-0.4, -0.2) is 28.0 Å². The fourth-order valence-corrected chi connectivity index (χ4v) is 3.21. The summed E-state index contributed by atoms with van der Waals surface area (Å²) in [5.41, 5.74) is 2.37. The van der Waals surface area contributed by atoms with Crippen LogP contribution in [0.25, 0.3) is 0 Å². The van der Waals surface area contributed by atoms with Gasteiger partial charge in [-0.2, -0.15) is 11.8 Å².